The fourth-order valence-electron chi connectivity index (χ4n) is 2.10. The Morgan fingerprint density at radius 1 is 1.00 bits per heavy atom. The summed E-state index contributed by atoms with van der Waals surface area (Å²) in [7, 11) is 1.98. The summed E-state index contributed by atoms with van der Waals surface area (Å²) in [5.41, 5.74) is 1.95. The Labute approximate surface area is 127 Å². The number of likely N-dealkylation sites (N-methyl/N-ethyl adjacent to an activating group) is 1. The highest BCUT2D eigenvalue weighted by atomic mass is 16.3. The van der Waals surface area contributed by atoms with Crippen LogP contribution in [0.15, 0.2) is 60.7 Å². The Balaban J connectivity index is 1.94. The second-order valence-electron chi connectivity index (χ2n) is 5.18. The normalized spacial score (nSPS) is 13.3. The molecule has 2 heteroatoms. The minimum absolute atomic E-state index is 0.0115. The molecule has 0 heterocycles. The summed E-state index contributed by atoms with van der Waals surface area (Å²) in [6, 6.07) is 19.7. The lowest BCUT2D eigenvalue weighted by molar-refractivity contribution is 0.0796. The first-order valence-electron chi connectivity index (χ1n) is 7.15. The highest BCUT2D eigenvalue weighted by Gasteiger charge is 2.19. The molecule has 21 heavy (non-hydrogen) atoms. The zero-order valence-corrected chi connectivity index (χ0v) is 12.5. The number of rotatable bonds is 4. The second-order valence-corrected chi connectivity index (χ2v) is 5.18. The van der Waals surface area contributed by atoms with Gasteiger partial charge in [0.05, 0.1) is 12.6 Å². The molecule has 0 radical (unpaired) electrons. The maximum absolute atomic E-state index is 10.4. The Kier molecular flexibility index (Phi) is 5.57. The Hall–Kier alpha value is -2.08. The molecular weight excluding hydrogens is 258 g/mol. The number of benzene rings is 2. The van der Waals surface area contributed by atoms with Crippen LogP contribution in [-0.2, 0) is 0 Å². The molecule has 0 saturated heterocycles. The molecule has 108 valence electrons. The van der Waals surface area contributed by atoms with Crippen LogP contribution in [-0.4, -0.2) is 29.6 Å². The number of aliphatic hydroxyl groups excluding tert-OH is 1. The number of hydrogen-bond donors (Lipinski definition) is 1. The van der Waals surface area contributed by atoms with Crippen LogP contribution in [0.25, 0.3) is 0 Å². The van der Waals surface area contributed by atoms with Crippen LogP contribution in [0.4, 0.5) is 0 Å². The van der Waals surface area contributed by atoms with Crippen LogP contribution in [0.2, 0.25) is 0 Å². The van der Waals surface area contributed by atoms with Gasteiger partial charge in [-0.2, -0.15) is 0 Å². The molecule has 0 spiro atoms. The smallest absolute Gasteiger partial charge is 0.0942 e. The van der Waals surface area contributed by atoms with Crippen LogP contribution < -0.4 is 0 Å². The predicted molar refractivity (Wildman–Crippen MR) is 86.8 cm³/mol. The van der Waals surface area contributed by atoms with E-state index in [9.17, 15) is 5.11 Å². The zero-order valence-electron chi connectivity index (χ0n) is 12.5. The Bertz CT molecular complexity index is 598. The third-order valence-corrected chi connectivity index (χ3v) is 3.63. The predicted octanol–water partition coefficient (Wildman–Crippen LogP) is 3.09. The van der Waals surface area contributed by atoms with Crippen LogP contribution >= 0.6 is 0 Å². The maximum Gasteiger partial charge on any atom is 0.0942 e. The van der Waals surface area contributed by atoms with E-state index < -0.39 is 6.10 Å². The molecule has 2 aromatic rings. The van der Waals surface area contributed by atoms with E-state index in [0.29, 0.717) is 6.54 Å². The Morgan fingerprint density at radius 3 is 2.19 bits per heavy atom. The van der Waals surface area contributed by atoms with Crippen molar-refractivity contribution in [3.05, 3.63) is 71.8 Å². The monoisotopic (exact) mass is 279 g/mol. The van der Waals surface area contributed by atoms with E-state index in [1.54, 1.807) is 0 Å². The minimum atomic E-state index is -0.505. The standard InChI is InChI=1S/C19H21NO/c1-16(19(21)18-13-7-4-8-14-18)20(2)15-9-12-17-10-5-3-6-11-17/h3-8,10-11,13-14,16,19,21H,15H2,1-2H3. The van der Waals surface area contributed by atoms with Gasteiger partial charge in [0.25, 0.3) is 0 Å². The topological polar surface area (TPSA) is 23.5 Å². The zero-order chi connectivity index (χ0) is 15.1. The summed E-state index contributed by atoms with van der Waals surface area (Å²) in [4.78, 5) is 2.06. The van der Waals surface area contributed by atoms with E-state index in [1.165, 1.54) is 0 Å². The van der Waals surface area contributed by atoms with Crippen molar-refractivity contribution in [1.29, 1.82) is 0 Å². The quantitative estimate of drug-likeness (QED) is 0.869. The molecule has 0 amide bonds. The maximum atomic E-state index is 10.4. The van der Waals surface area contributed by atoms with E-state index in [0.717, 1.165) is 11.1 Å². The fourth-order valence-corrected chi connectivity index (χ4v) is 2.10. The molecular formula is C19H21NO. The van der Waals surface area contributed by atoms with Gasteiger partial charge in [-0.3, -0.25) is 4.90 Å². The van der Waals surface area contributed by atoms with Gasteiger partial charge in [-0.25, -0.2) is 0 Å². The van der Waals surface area contributed by atoms with Crippen molar-refractivity contribution < 1.29 is 5.11 Å². The first-order chi connectivity index (χ1) is 10.2. The summed E-state index contributed by atoms with van der Waals surface area (Å²) < 4.78 is 0. The summed E-state index contributed by atoms with van der Waals surface area (Å²) in [5.74, 6) is 6.29. The molecule has 0 aliphatic heterocycles. The molecule has 0 aromatic heterocycles. The summed E-state index contributed by atoms with van der Waals surface area (Å²) >= 11 is 0. The second kappa shape index (κ2) is 7.64. The van der Waals surface area contributed by atoms with Crippen molar-refractivity contribution in [3.63, 3.8) is 0 Å². The largest absolute Gasteiger partial charge is 0.387 e. The summed E-state index contributed by atoms with van der Waals surface area (Å²) in [5, 5.41) is 10.4. The molecule has 0 saturated carbocycles. The molecule has 2 aromatic carbocycles. The molecule has 2 atom stereocenters. The first-order valence-corrected chi connectivity index (χ1v) is 7.15. The number of nitrogens with zero attached hydrogens (tertiary/aromatic N) is 1. The first kappa shape index (κ1) is 15.3. The van der Waals surface area contributed by atoms with Gasteiger partial charge in [0.2, 0.25) is 0 Å². The van der Waals surface area contributed by atoms with Crippen LogP contribution in [0.1, 0.15) is 24.2 Å². The third kappa shape index (κ3) is 4.46. The third-order valence-electron chi connectivity index (χ3n) is 3.63. The average Bonchev–Trinajstić information content (AvgIpc) is 2.55. The van der Waals surface area contributed by atoms with Gasteiger partial charge in [-0.05, 0) is 31.7 Å². The van der Waals surface area contributed by atoms with Crippen molar-refractivity contribution >= 4 is 0 Å². The van der Waals surface area contributed by atoms with Gasteiger partial charge in [0.15, 0.2) is 0 Å². The van der Waals surface area contributed by atoms with Crippen molar-refractivity contribution in [3.8, 4) is 11.8 Å². The van der Waals surface area contributed by atoms with Crippen molar-refractivity contribution in [1.82, 2.24) is 4.90 Å². The van der Waals surface area contributed by atoms with E-state index in [4.69, 9.17) is 0 Å². The van der Waals surface area contributed by atoms with E-state index in [1.807, 2.05) is 74.6 Å². The summed E-state index contributed by atoms with van der Waals surface area (Å²) in [6.07, 6.45) is -0.505. The van der Waals surface area contributed by atoms with E-state index in [-0.39, 0.29) is 6.04 Å². The number of aliphatic hydroxyl groups is 1. The molecule has 1 N–H and O–H groups in total. The molecule has 0 aliphatic rings. The number of hydrogen-bond acceptors (Lipinski definition) is 2. The van der Waals surface area contributed by atoms with Crippen molar-refractivity contribution in [2.24, 2.45) is 0 Å². The van der Waals surface area contributed by atoms with Crippen molar-refractivity contribution in [2.75, 3.05) is 13.6 Å². The van der Waals surface area contributed by atoms with Crippen LogP contribution in [0.5, 0.6) is 0 Å². The van der Waals surface area contributed by atoms with E-state index >= 15 is 0 Å². The lowest BCUT2D eigenvalue weighted by Crippen LogP contribution is -2.34. The van der Waals surface area contributed by atoms with Gasteiger partial charge < -0.3 is 5.11 Å². The van der Waals surface area contributed by atoms with E-state index in [2.05, 4.69) is 16.7 Å². The summed E-state index contributed by atoms with van der Waals surface area (Å²) in [6.45, 7) is 2.64. The molecule has 0 fully saturated rings. The fraction of sp³-hybridized carbons (Fsp3) is 0.263. The average molecular weight is 279 g/mol. The highest BCUT2D eigenvalue weighted by molar-refractivity contribution is 5.33. The Morgan fingerprint density at radius 2 is 1.57 bits per heavy atom. The lowest BCUT2D eigenvalue weighted by atomic mass is 10.0. The minimum Gasteiger partial charge on any atom is -0.387 e. The molecule has 0 bridgehead atoms. The van der Waals surface area contributed by atoms with Gasteiger partial charge in [0, 0.05) is 11.6 Å². The van der Waals surface area contributed by atoms with Gasteiger partial charge >= 0.3 is 0 Å². The van der Waals surface area contributed by atoms with Crippen LogP contribution in [0.3, 0.4) is 0 Å². The lowest BCUT2D eigenvalue weighted by Gasteiger charge is -2.27. The van der Waals surface area contributed by atoms with Gasteiger partial charge in [-0.1, -0.05) is 60.4 Å². The molecule has 2 rings (SSSR count). The molecule has 2 nitrogen and oxygen atoms in total. The van der Waals surface area contributed by atoms with Crippen molar-refractivity contribution in [2.45, 2.75) is 19.1 Å². The highest BCUT2D eigenvalue weighted by Crippen LogP contribution is 2.19. The van der Waals surface area contributed by atoms with Gasteiger partial charge in [0.1, 0.15) is 0 Å². The molecule has 0 aliphatic carbocycles. The molecule has 2 unspecified atom stereocenters. The van der Waals surface area contributed by atoms with Crippen LogP contribution in [0, 0.1) is 11.8 Å². The van der Waals surface area contributed by atoms with Gasteiger partial charge in [-0.15, -0.1) is 0 Å². The SMILES string of the molecule is CC(C(O)c1ccccc1)N(C)CC#Cc1ccccc1.